The second kappa shape index (κ2) is 9.98. The SMILES string of the molecule is COC(F)(F)C(F)[Si](OCC(C)C)(OCC(C)C)OCC(C)C. The lowest BCUT2D eigenvalue weighted by Crippen LogP contribution is -2.62. The summed E-state index contributed by atoms with van der Waals surface area (Å²) >= 11 is 0. The predicted molar refractivity (Wildman–Crippen MR) is 85.0 cm³/mol. The van der Waals surface area contributed by atoms with Gasteiger partial charge in [-0.25, -0.2) is 4.39 Å². The zero-order valence-corrected chi connectivity index (χ0v) is 16.2. The van der Waals surface area contributed by atoms with E-state index >= 15 is 0 Å². The molecule has 0 heterocycles. The van der Waals surface area contributed by atoms with Crippen molar-refractivity contribution in [2.75, 3.05) is 26.9 Å². The minimum Gasteiger partial charge on any atom is -0.371 e. The van der Waals surface area contributed by atoms with Crippen LogP contribution < -0.4 is 0 Å². The Morgan fingerprint density at radius 2 is 1.09 bits per heavy atom. The second-order valence-corrected chi connectivity index (χ2v) is 9.43. The van der Waals surface area contributed by atoms with Crippen molar-refractivity contribution in [3.63, 3.8) is 0 Å². The maximum absolute atomic E-state index is 14.7. The van der Waals surface area contributed by atoms with E-state index in [0.29, 0.717) is 0 Å². The Morgan fingerprint density at radius 1 is 0.783 bits per heavy atom. The summed E-state index contributed by atoms with van der Waals surface area (Å²) in [4.78, 5) is 0. The summed E-state index contributed by atoms with van der Waals surface area (Å²) in [6.07, 6.45) is -4.03. The smallest absolute Gasteiger partial charge is 0.371 e. The van der Waals surface area contributed by atoms with Crippen LogP contribution in [-0.4, -0.2) is 47.6 Å². The zero-order valence-electron chi connectivity index (χ0n) is 15.2. The molecule has 0 radical (unpaired) electrons. The van der Waals surface area contributed by atoms with Crippen molar-refractivity contribution < 1.29 is 31.2 Å². The van der Waals surface area contributed by atoms with E-state index in [0.717, 1.165) is 7.11 Å². The molecule has 0 aromatic rings. The number of alkyl halides is 3. The van der Waals surface area contributed by atoms with Gasteiger partial charge in [0.15, 0.2) is 0 Å². The third kappa shape index (κ3) is 7.98. The van der Waals surface area contributed by atoms with Crippen molar-refractivity contribution in [3.05, 3.63) is 0 Å². The molecule has 0 aliphatic heterocycles. The van der Waals surface area contributed by atoms with Gasteiger partial charge in [-0.1, -0.05) is 41.5 Å². The fourth-order valence-corrected chi connectivity index (χ4v) is 4.42. The Labute approximate surface area is 139 Å². The van der Waals surface area contributed by atoms with Gasteiger partial charge in [-0.15, -0.1) is 0 Å². The largest absolute Gasteiger partial charge is 0.546 e. The molecule has 23 heavy (non-hydrogen) atoms. The molecule has 8 heteroatoms. The van der Waals surface area contributed by atoms with Crippen molar-refractivity contribution in [3.8, 4) is 0 Å². The Balaban J connectivity index is 5.49. The molecule has 0 spiro atoms. The van der Waals surface area contributed by atoms with Gasteiger partial charge in [-0.2, -0.15) is 8.78 Å². The van der Waals surface area contributed by atoms with Gasteiger partial charge in [0.1, 0.15) is 0 Å². The molecule has 0 aromatic carbocycles. The molecule has 0 saturated carbocycles. The van der Waals surface area contributed by atoms with Crippen LogP contribution in [-0.2, 0) is 18.0 Å². The third-order valence-corrected chi connectivity index (χ3v) is 5.40. The molecule has 1 unspecified atom stereocenters. The highest BCUT2D eigenvalue weighted by molar-refractivity contribution is 6.62. The quantitative estimate of drug-likeness (QED) is 0.492. The minimum absolute atomic E-state index is 0.0237. The lowest BCUT2D eigenvalue weighted by Gasteiger charge is -2.35. The van der Waals surface area contributed by atoms with Gasteiger partial charge in [0.05, 0.1) is 0 Å². The lowest BCUT2D eigenvalue weighted by molar-refractivity contribution is -0.254. The van der Waals surface area contributed by atoms with E-state index in [4.69, 9.17) is 13.3 Å². The van der Waals surface area contributed by atoms with E-state index in [2.05, 4.69) is 4.74 Å². The minimum atomic E-state index is -4.29. The Bertz CT molecular complexity index is 297. The molecule has 0 rings (SSSR count). The van der Waals surface area contributed by atoms with Crippen LogP contribution in [0.15, 0.2) is 0 Å². The molecular formula is C15H31F3O4Si. The molecule has 0 N–H and O–H groups in total. The van der Waals surface area contributed by atoms with E-state index in [-0.39, 0.29) is 37.6 Å². The highest BCUT2D eigenvalue weighted by Gasteiger charge is 2.63. The number of methoxy groups -OCH3 is 1. The number of ether oxygens (including phenoxy) is 1. The van der Waals surface area contributed by atoms with Crippen LogP contribution in [0.3, 0.4) is 0 Å². The molecule has 0 fully saturated rings. The average Bonchev–Trinajstić information content (AvgIpc) is 2.45. The van der Waals surface area contributed by atoms with Gasteiger partial charge in [0, 0.05) is 26.9 Å². The second-order valence-electron chi connectivity index (χ2n) is 6.85. The van der Waals surface area contributed by atoms with Gasteiger partial charge >= 0.3 is 14.9 Å². The van der Waals surface area contributed by atoms with E-state index in [1.807, 2.05) is 41.5 Å². The first-order chi connectivity index (χ1) is 10.5. The highest BCUT2D eigenvalue weighted by Crippen LogP contribution is 2.33. The van der Waals surface area contributed by atoms with Gasteiger partial charge < -0.3 is 18.0 Å². The van der Waals surface area contributed by atoms with Gasteiger partial charge in [0.25, 0.3) is 5.79 Å². The average molecular weight is 360 g/mol. The van der Waals surface area contributed by atoms with Crippen LogP contribution in [0.1, 0.15) is 41.5 Å². The Kier molecular flexibility index (Phi) is 9.91. The summed E-state index contributed by atoms with van der Waals surface area (Å²) in [5.74, 6) is -2.71. The zero-order chi connectivity index (χ0) is 18.3. The van der Waals surface area contributed by atoms with Crippen LogP contribution in [0, 0.1) is 17.8 Å². The summed E-state index contributed by atoms with van der Waals surface area (Å²) in [6.45, 7) is 11.3. The number of rotatable bonds is 12. The summed E-state index contributed by atoms with van der Waals surface area (Å²) in [5.41, 5.74) is 0. The normalized spacial score (nSPS) is 15.0. The van der Waals surface area contributed by atoms with Crippen LogP contribution in [0.5, 0.6) is 0 Å². The summed E-state index contributed by atoms with van der Waals surface area (Å²) in [7, 11) is -3.54. The molecule has 0 aromatic heterocycles. The van der Waals surface area contributed by atoms with Crippen LogP contribution in [0.4, 0.5) is 13.2 Å². The monoisotopic (exact) mass is 360 g/mol. The standard InChI is InChI=1S/C15H31F3O4Si/c1-11(2)8-20-23(21-9-12(3)4,22-10-13(5)6)14(16)15(17,18)19-7/h11-14H,8-10H2,1-7H3. The number of hydrogen-bond acceptors (Lipinski definition) is 4. The van der Waals surface area contributed by atoms with E-state index in [9.17, 15) is 13.2 Å². The van der Waals surface area contributed by atoms with E-state index in [1.165, 1.54) is 0 Å². The molecule has 0 bridgehead atoms. The molecule has 4 nitrogen and oxygen atoms in total. The molecule has 1 atom stereocenters. The maximum Gasteiger partial charge on any atom is 0.546 e. The fourth-order valence-electron chi connectivity index (χ4n) is 1.50. The van der Waals surface area contributed by atoms with E-state index in [1.54, 1.807) is 0 Å². The van der Waals surface area contributed by atoms with Crippen molar-refractivity contribution >= 4 is 8.80 Å². The number of hydrogen-bond donors (Lipinski definition) is 0. The molecule has 0 amide bonds. The molecule has 0 aliphatic rings. The molecule has 0 saturated heterocycles. The third-order valence-electron chi connectivity index (χ3n) is 2.73. The summed E-state index contributed by atoms with van der Waals surface area (Å²) in [6, 6.07) is 0. The Hall–Kier alpha value is -0.153. The highest BCUT2D eigenvalue weighted by atomic mass is 28.4. The first-order valence-electron chi connectivity index (χ1n) is 7.95. The first kappa shape index (κ1) is 22.8. The van der Waals surface area contributed by atoms with Crippen molar-refractivity contribution in [1.29, 1.82) is 0 Å². The van der Waals surface area contributed by atoms with Crippen molar-refractivity contribution in [2.45, 2.75) is 53.4 Å². The van der Waals surface area contributed by atoms with Gasteiger partial charge in [0.2, 0.25) is 0 Å². The molecule has 140 valence electrons. The fraction of sp³-hybridized carbons (Fsp3) is 1.00. The summed E-state index contributed by atoms with van der Waals surface area (Å²) < 4.78 is 62.8. The Morgan fingerprint density at radius 3 is 1.30 bits per heavy atom. The van der Waals surface area contributed by atoms with Crippen molar-refractivity contribution in [1.82, 2.24) is 0 Å². The van der Waals surface area contributed by atoms with Gasteiger partial charge in [-0.3, -0.25) is 0 Å². The molecular weight excluding hydrogens is 329 g/mol. The maximum atomic E-state index is 14.7. The van der Waals surface area contributed by atoms with Crippen LogP contribution in [0.25, 0.3) is 0 Å². The van der Waals surface area contributed by atoms with Crippen LogP contribution >= 0.6 is 0 Å². The van der Waals surface area contributed by atoms with Gasteiger partial charge in [-0.05, 0) is 17.8 Å². The van der Waals surface area contributed by atoms with E-state index < -0.39 is 20.7 Å². The molecule has 0 aliphatic carbocycles. The lowest BCUT2D eigenvalue weighted by atomic mass is 10.2. The van der Waals surface area contributed by atoms with Crippen LogP contribution in [0.2, 0.25) is 0 Å². The predicted octanol–water partition coefficient (Wildman–Crippen LogP) is 4.06. The summed E-state index contributed by atoms with van der Waals surface area (Å²) in [5, 5.41) is 0. The number of halogens is 3. The van der Waals surface area contributed by atoms with Crippen molar-refractivity contribution in [2.24, 2.45) is 17.8 Å². The topological polar surface area (TPSA) is 36.9 Å². The first-order valence-corrected chi connectivity index (χ1v) is 9.76.